The molecule has 1 aliphatic heterocycles. The number of amides is 2. The molecular weight excluding hydrogens is 432 g/mol. The van der Waals surface area contributed by atoms with Crippen LogP contribution in [0.1, 0.15) is 47.2 Å². The van der Waals surface area contributed by atoms with Gasteiger partial charge in [-0.3, -0.25) is 24.6 Å². The normalized spacial score (nSPS) is 18.0. The SMILES string of the molecule is Cc1cccc(CNC(=O)[C@@H](C2CCCC2)N2CCN(C(=O)c3cccc([N+](=O)[O-])c3)CC2)c1. The summed E-state index contributed by atoms with van der Waals surface area (Å²) in [5, 5.41) is 14.2. The van der Waals surface area contributed by atoms with Crippen molar-refractivity contribution in [3.05, 3.63) is 75.3 Å². The maximum Gasteiger partial charge on any atom is 0.270 e. The number of aryl methyl sites for hydroxylation is 1. The van der Waals surface area contributed by atoms with E-state index in [0.717, 1.165) is 31.2 Å². The molecule has 0 spiro atoms. The average Bonchev–Trinajstić information content (AvgIpc) is 3.37. The van der Waals surface area contributed by atoms with Crippen LogP contribution in [-0.4, -0.2) is 58.8 Å². The molecule has 34 heavy (non-hydrogen) atoms. The van der Waals surface area contributed by atoms with Gasteiger partial charge in [-0.2, -0.15) is 0 Å². The maximum atomic E-state index is 13.3. The Labute approximate surface area is 200 Å². The topological polar surface area (TPSA) is 95.8 Å². The third-order valence-electron chi connectivity index (χ3n) is 6.96. The van der Waals surface area contributed by atoms with Crippen LogP contribution in [0.5, 0.6) is 0 Å². The molecule has 2 aromatic carbocycles. The van der Waals surface area contributed by atoms with Gasteiger partial charge in [-0.1, -0.05) is 48.7 Å². The van der Waals surface area contributed by atoms with E-state index in [0.29, 0.717) is 44.2 Å². The van der Waals surface area contributed by atoms with Crippen molar-refractivity contribution in [2.75, 3.05) is 26.2 Å². The van der Waals surface area contributed by atoms with E-state index < -0.39 is 4.92 Å². The number of carbonyl (C=O) groups is 2. The van der Waals surface area contributed by atoms with Gasteiger partial charge in [0.05, 0.1) is 11.0 Å². The monoisotopic (exact) mass is 464 g/mol. The Morgan fingerprint density at radius 3 is 2.44 bits per heavy atom. The second-order valence-corrected chi connectivity index (χ2v) is 9.33. The highest BCUT2D eigenvalue weighted by Gasteiger charge is 2.37. The summed E-state index contributed by atoms with van der Waals surface area (Å²) in [6.45, 7) is 4.77. The number of nitro benzene ring substituents is 1. The summed E-state index contributed by atoms with van der Waals surface area (Å²) in [7, 11) is 0. The lowest BCUT2D eigenvalue weighted by molar-refractivity contribution is -0.384. The molecule has 8 nitrogen and oxygen atoms in total. The van der Waals surface area contributed by atoms with Gasteiger partial charge in [-0.15, -0.1) is 0 Å². The number of hydrogen-bond donors (Lipinski definition) is 1. The molecule has 180 valence electrons. The van der Waals surface area contributed by atoms with Gasteiger partial charge >= 0.3 is 0 Å². The molecule has 1 heterocycles. The smallest absolute Gasteiger partial charge is 0.270 e. The van der Waals surface area contributed by atoms with Gasteiger partial charge in [0.25, 0.3) is 11.6 Å². The average molecular weight is 465 g/mol. The zero-order chi connectivity index (χ0) is 24.1. The predicted molar refractivity (Wildman–Crippen MR) is 129 cm³/mol. The molecule has 0 radical (unpaired) electrons. The lowest BCUT2D eigenvalue weighted by Crippen LogP contribution is -2.57. The molecule has 1 atom stereocenters. The Balaban J connectivity index is 1.39. The standard InChI is InChI=1S/C26H32N4O4/c1-19-6-4-7-20(16-19)18-27-25(31)24(21-8-2-3-9-21)28-12-14-29(15-13-28)26(32)22-10-5-11-23(17-22)30(33)34/h4-7,10-11,16-17,21,24H,2-3,8-9,12-15,18H2,1H3,(H,27,31)/t24-/m1/s1. The number of hydrogen-bond acceptors (Lipinski definition) is 5. The minimum absolute atomic E-state index is 0.0619. The van der Waals surface area contributed by atoms with E-state index in [2.05, 4.69) is 16.3 Å². The lowest BCUT2D eigenvalue weighted by Gasteiger charge is -2.40. The van der Waals surface area contributed by atoms with Crippen LogP contribution in [0.15, 0.2) is 48.5 Å². The third-order valence-corrected chi connectivity index (χ3v) is 6.96. The van der Waals surface area contributed by atoms with E-state index in [9.17, 15) is 19.7 Å². The van der Waals surface area contributed by atoms with Crippen molar-refractivity contribution < 1.29 is 14.5 Å². The summed E-state index contributed by atoms with van der Waals surface area (Å²) in [4.78, 5) is 40.8. The first-order valence-electron chi connectivity index (χ1n) is 12.0. The number of non-ortho nitro benzene ring substituents is 1. The first-order valence-corrected chi connectivity index (χ1v) is 12.0. The fourth-order valence-electron chi connectivity index (χ4n) is 5.21. The van der Waals surface area contributed by atoms with Gasteiger partial charge in [-0.25, -0.2) is 0 Å². The molecule has 0 unspecified atom stereocenters. The third kappa shape index (κ3) is 5.62. The minimum Gasteiger partial charge on any atom is -0.351 e. The Bertz CT molecular complexity index is 1040. The van der Waals surface area contributed by atoms with E-state index in [-0.39, 0.29) is 23.5 Å². The number of carbonyl (C=O) groups excluding carboxylic acids is 2. The molecule has 2 amide bonds. The van der Waals surface area contributed by atoms with Crippen LogP contribution in [0.25, 0.3) is 0 Å². The van der Waals surface area contributed by atoms with Crippen LogP contribution in [0.4, 0.5) is 5.69 Å². The maximum absolute atomic E-state index is 13.3. The van der Waals surface area contributed by atoms with Crippen LogP contribution in [0, 0.1) is 23.0 Å². The van der Waals surface area contributed by atoms with E-state index in [1.54, 1.807) is 11.0 Å². The second kappa shape index (κ2) is 10.8. The summed E-state index contributed by atoms with van der Waals surface area (Å²) in [5.74, 6) is 0.188. The number of nitrogens with one attached hydrogen (secondary N) is 1. The van der Waals surface area contributed by atoms with Crippen molar-refractivity contribution in [3.63, 3.8) is 0 Å². The molecule has 1 N–H and O–H groups in total. The van der Waals surface area contributed by atoms with Gasteiger partial charge in [0.15, 0.2) is 0 Å². The van der Waals surface area contributed by atoms with E-state index in [1.165, 1.54) is 23.8 Å². The van der Waals surface area contributed by atoms with E-state index >= 15 is 0 Å². The largest absolute Gasteiger partial charge is 0.351 e. The van der Waals surface area contributed by atoms with Gasteiger partial charge in [0.2, 0.25) is 5.91 Å². The van der Waals surface area contributed by atoms with Crippen molar-refractivity contribution in [1.82, 2.24) is 15.1 Å². The van der Waals surface area contributed by atoms with Crippen LogP contribution in [-0.2, 0) is 11.3 Å². The fourth-order valence-corrected chi connectivity index (χ4v) is 5.21. The number of nitrogens with zero attached hydrogens (tertiary/aromatic N) is 3. The van der Waals surface area contributed by atoms with Gasteiger partial charge in [-0.05, 0) is 37.3 Å². The van der Waals surface area contributed by atoms with E-state index in [4.69, 9.17) is 0 Å². The highest BCUT2D eigenvalue weighted by atomic mass is 16.6. The predicted octanol–water partition coefficient (Wildman–Crippen LogP) is 3.54. The molecule has 1 aliphatic carbocycles. The fraction of sp³-hybridized carbons (Fsp3) is 0.462. The van der Waals surface area contributed by atoms with Crippen molar-refractivity contribution in [1.29, 1.82) is 0 Å². The Kier molecular flexibility index (Phi) is 7.57. The molecule has 1 saturated heterocycles. The van der Waals surface area contributed by atoms with Crippen LogP contribution in [0.3, 0.4) is 0 Å². The number of rotatable bonds is 7. The first-order chi connectivity index (χ1) is 16.4. The summed E-state index contributed by atoms with van der Waals surface area (Å²) in [5.41, 5.74) is 2.50. The highest BCUT2D eigenvalue weighted by Crippen LogP contribution is 2.31. The van der Waals surface area contributed by atoms with Crippen LogP contribution >= 0.6 is 0 Å². The molecule has 2 aromatic rings. The van der Waals surface area contributed by atoms with Crippen molar-refractivity contribution >= 4 is 17.5 Å². The minimum atomic E-state index is -0.490. The Hall–Kier alpha value is -3.26. The van der Waals surface area contributed by atoms with Crippen LogP contribution < -0.4 is 5.32 Å². The number of nitro groups is 1. The summed E-state index contributed by atoms with van der Waals surface area (Å²) in [6, 6.07) is 13.8. The van der Waals surface area contributed by atoms with Crippen LogP contribution in [0.2, 0.25) is 0 Å². The van der Waals surface area contributed by atoms with Crippen molar-refractivity contribution in [2.45, 2.75) is 45.2 Å². The van der Waals surface area contributed by atoms with E-state index in [1.807, 2.05) is 25.1 Å². The van der Waals surface area contributed by atoms with Crippen molar-refractivity contribution in [2.24, 2.45) is 5.92 Å². The summed E-state index contributed by atoms with van der Waals surface area (Å²) >= 11 is 0. The zero-order valence-corrected chi connectivity index (χ0v) is 19.6. The highest BCUT2D eigenvalue weighted by molar-refractivity contribution is 5.95. The molecule has 0 aromatic heterocycles. The lowest BCUT2D eigenvalue weighted by atomic mass is 9.94. The second-order valence-electron chi connectivity index (χ2n) is 9.33. The van der Waals surface area contributed by atoms with Gasteiger partial charge in [0.1, 0.15) is 0 Å². The molecular formula is C26H32N4O4. The molecule has 2 aliphatic rings. The molecule has 0 bridgehead atoms. The van der Waals surface area contributed by atoms with Crippen molar-refractivity contribution in [3.8, 4) is 0 Å². The first kappa shape index (κ1) is 23.9. The zero-order valence-electron chi connectivity index (χ0n) is 19.6. The van der Waals surface area contributed by atoms with Gasteiger partial charge in [0, 0.05) is 50.4 Å². The molecule has 4 rings (SSSR count). The Morgan fingerprint density at radius 2 is 1.76 bits per heavy atom. The number of piperazine rings is 1. The molecule has 2 fully saturated rings. The number of benzene rings is 2. The van der Waals surface area contributed by atoms with Gasteiger partial charge < -0.3 is 10.2 Å². The summed E-state index contributed by atoms with van der Waals surface area (Å²) < 4.78 is 0. The quantitative estimate of drug-likeness (QED) is 0.500. The molecule has 8 heteroatoms. The Morgan fingerprint density at radius 1 is 1.06 bits per heavy atom. The molecule has 1 saturated carbocycles. The summed E-state index contributed by atoms with van der Waals surface area (Å²) in [6.07, 6.45) is 4.40.